The fourth-order valence-electron chi connectivity index (χ4n) is 1.55. The van der Waals surface area contributed by atoms with Crippen LogP contribution in [0.4, 0.5) is 0 Å². The number of benzene rings is 1. The molecule has 0 aliphatic rings. The zero-order chi connectivity index (χ0) is 12.8. The summed E-state index contributed by atoms with van der Waals surface area (Å²) in [7, 11) is 0. The van der Waals surface area contributed by atoms with Gasteiger partial charge in [0.2, 0.25) is 0 Å². The molecule has 0 amide bonds. The standard InChI is InChI=1S/C13H17BrO2S/c1-3-4-9(2)8-16-13(15)11-6-5-10(14)7-12(11)17/h5-7,9,17H,3-4,8H2,1-2H3. The Balaban J connectivity index is 2.58. The summed E-state index contributed by atoms with van der Waals surface area (Å²) in [5.41, 5.74) is 0.514. The highest BCUT2D eigenvalue weighted by Gasteiger charge is 2.12. The minimum atomic E-state index is -0.301. The van der Waals surface area contributed by atoms with Crippen molar-refractivity contribution >= 4 is 34.5 Å². The first-order chi connectivity index (χ1) is 8.04. The molecular weight excluding hydrogens is 300 g/mol. The third-order valence-electron chi connectivity index (χ3n) is 2.46. The summed E-state index contributed by atoms with van der Waals surface area (Å²) >= 11 is 7.59. The summed E-state index contributed by atoms with van der Waals surface area (Å²) in [4.78, 5) is 12.4. The summed E-state index contributed by atoms with van der Waals surface area (Å²) in [6.07, 6.45) is 2.18. The molecule has 1 atom stereocenters. The molecule has 0 aliphatic carbocycles. The molecule has 0 radical (unpaired) electrons. The van der Waals surface area contributed by atoms with E-state index in [0.717, 1.165) is 17.3 Å². The lowest BCUT2D eigenvalue weighted by Crippen LogP contribution is -2.12. The summed E-state index contributed by atoms with van der Waals surface area (Å²) in [6.45, 7) is 4.68. The van der Waals surface area contributed by atoms with E-state index in [1.165, 1.54) is 0 Å². The van der Waals surface area contributed by atoms with Gasteiger partial charge in [-0.15, -0.1) is 12.6 Å². The van der Waals surface area contributed by atoms with Crippen LogP contribution in [0.1, 0.15) is 37.0 Å². The van der Waals surface area contributed by atoms with E-state index in [4.69, 9.17) is 4.74 Å². The molecule has 0 spiro atoms. The Morgan fingerprint density at radius 1 is 1.53 bits per heavy atom. The summed E-state index contributed by atoms with van der Waals surface area (Å²) < 4.78 is 6.16. The van der Waals surface area contributed by atoms with Crippen molar-refractivity contribution in [2.75, 3.05) is 6.61 Å². The highest BCUT2D eigenvalue weighted by Crippen LogP contribution is 2.20. The van der Waals surface area contributed by atoms with E-state index in [2.05, 4.69) is 42.4 Å². The number of carbonyl (C=O) groups is 1. The predicted molar refractivity (Wildman–Crippen MR) is 75.7 cm³/mol. The SMILES string of the molecule is CCCC(C)COC(=O)c1ccc(Br)cc1S. The molecule has 1 aromatic rings. The van der Waals surface area contributed by atoms with Crippen LogP contribution in [-0.2, 0) is 4.74 Å². The van der Waals surface area contributed by atoms with Gasteiger partial charge < -0.3 is 4.74 Å². The van der Waals surface area contributed by atoms with Crippen LogP contribution in [0.3, 0.4) is 0 Å². The molecule has 0 aromatic heterocycles. The molecule has 0 aliphatic heterocycles. The quantitative estimate of drug-likeness (QED) is 0.646. The van der Waals surface area contributed by atoms with Gasteiger partial charge in [0.15, 0.2) is 0 Å². The zero-order valence-electron chi connectivity index (χ0n) is 10.1. The van der Waals surface area contributed by atoms with Crippen LogP contribution >= 0.6 is 28.6 Å². The van der Waals surface area contributed by atoms with Gasteiger partial charge in [0, 0.05) is 9.37 Å². The Hall–Kier alpha value is -0.480. The average Bonchev–Trinajstić information content (AvgIpc) is 2.26. The lowest BCUT2D eigenvalue weighted by Gasteiger charge is -2.11. The second-order valence-electron chi connectivity index (χ2n) is 4.15. The van der Waals surface area contributed by atoms with Gasteiger partial charge in [-0.1, -0.05) is 36.2 Å². The van der Waals surface area contributed by atoms with E-state index in [9.17, 15) is 4.79 Å². The second-order valence-corrected chi connectivity index (χ2v) is 5.55. The van der Waals surface area contributed by atoms with E-state index >= 15 is 0 Å². The van der Waals surface area contributed by atoms with Gasteiger partial charge in [-0.2, -0.15) is 0 Å². The van der Waals surface area contributed by atoms with E-state index in [-0.39, 0.29) is 5.97 Å². The van der Waals surface area contributed by atoms with Crippen molar-refractivity contribution in [2.24, 2.45) is 5.92 Å². The molecule has 94 valence electrons. The molecule has 0 saturated heterocycles. The zero-order valence-corrected chi connectivity index (χ0v) is 12.6. The monoisotopic (exact) mass is 316 g/mol. The number of hydrogen-bond donors (Lipinski definition) is 1. The maximum absolute atomic E-state index is 11.8. The summed E-state index contributed by atoms with van der Waals surface area (Å²) in [6, 6.07) is 5.32. The maximum Gasteiger partial charge on any atom is 0.339 e. The molecule has 0 fully saturated rings. The molecule has 0 bridgehead atoms. The first-order valence-corrected chi connectivity index (χ1v) is 6.94. The first-order valence-electron chi connectivity index (χ1n) is 5.70. The Morgan fingerprint density at radius 2 is 2.24 bits per heavy atom. The van der Waals surface area contributed by atoms with Crippen LogP contribution < -0.4 is 0 Å². The fourth-order valence-corrected chi connectivity index (χ4v) is 2.39. The van der Waals surface area contributed by atoms with Crippen LogP contribution in [0.2, 0.25) is 0 Å². The summed E-state index contributed by atoms with van der Waals surface area (Å²) in [5.74, 6) is 0.105. The van der Waals surface area contributed by atoms with E-state index in [1.807, 2.05) is 6.07 Å². The van der Waals surface area contributed by atoms with Crippen LogP contribution in [0.25, 0.3) is 0 Å². The Kier molecular flexibility index (Phi) is 6.06. The van der Waals surface area contributed by atoms with Gasteiger partial charge in [-0.3, -0.25) is 0 Å². The third kappa shape index (κ3) is 4.72. The van der Waals surface area contributed by atoms with Crippen molar-refractivity contribution in [1.82, 2.24) is 0 Å². The van der Waals surface area contributed by atoms with Crippen LogP contribution in [0, 0.1) is 5.92 Å². The summed E-state index contributed by atoms with van der Waals surface area (Å²) in [5, 5.41) is 0. The number of rotatable bonds is 5. The highest BCUT2D eigenvalue weighted by molar-refractivity contribution is 9.10. The Morgan fingerprint density at radius 3 is 2.82 bits per heavy atom. The van der Waals surface area contributed by atoms with Gasteiger partial charge >= 0.3 is 5.97 Å². The molecule has 1 unspecified atom stereocenters. The highest BCUT2D eigenvalue weighted by atomic mass is 79.9. The third-order valence-corrected chi connectivity index (χ3v) is 3.32. The van der Waals surface area contributed by atoms with E-state index in [0.29, 0.717) is 23.0 Å². The van der Waals surface area contributed by atoms with E-state index in [1.54, 1.807) is 12.1 Å². The minimum Gasteiger partial charge on any atom is -0.462 e. The molecule has 0 saturated carbocycles. The van der Waals surface area contributed by atoms with Gasteiger partial charge in [0.1, 0.15) is 0 Å². The average molecular weight is 317 g/mol. The van der Waals surface area contributed by atoms with Crippen molar-refractivity contribution in [1.29, 1.82) is 0 Å². The number of carbonyl (C=O) groups excluding carboxylic acids is 1. The molecule has 1 aromatic carbocycles. The number of halogens is 1. The Labute approximate surface area is 116 Å². The lowest BCUT2D eigenvalue weighted by atomic mass is 10.1. The molecule has 2 nitrogen and oxygen atoms in total. The molecule has 1 rings (SSSR count). The predicted octanol–water partition coefficient (Wildman–Crippen LogP) is 4.33. The van der Waals surface area contributed by atoms with Crippen molar-refractivity contribution < 1.29 is 9.53 Å². The molecule has 0 heterocycles. The van der Waals surface area contributed by atoms with Gasteiger partial charge in [-0.25, -0.2) is 4.79 Å². The minimum absolute atomic E-state index is 0.301. The van der Waals surface area contributed by atoms with Crippen molar-refractivity contribution in [3.63, 3.8) is 0 Å². The van der Waals surface area contributed by atoms with Crippen molar-refractivity contribution in [3.05, 3.63) is 28.2 Å². The van der Waals surface area contributed by atoms with Crippen LogP contribution in [0.5, 0.6) is 0 Å². The maximum atomic E-state index is 11.8. The molecule has 4 heteroatoms. The number of thiol groups is 1. The number of ether oxygens (including phenoxy) is 1. The number of hydrogen-bond acceptors (Lipinski definition) is 3. The van der Waals surface area contributed by atoms with Crippen LogP contribution in [-0.4, -0.2) is 12.6 Å². The fraction of sp³-hybridized carbons (Fsp3) is 0.462. The normalized spacial score (nSPS) is 12.2. The molecular formula is C13H17BrO2S. The van der Waals surface area contributed by atoms with E-state index < -0.39 is 0 Å². The second kappa shape index (κ2) is 7.07. The van der Waals surface area contributed by atoms with Gasteiger partial charge in [0.05, 0.1) is 12.2 Å². The van der Waals surface area contributed by atoms with Gasteiger partial charge in [-0.05, 0) is 30.5 Å². The van der Waals surface area contributed by atoms with Crippen LogP contribution in [0.15, 0.2) is 27.6 Å². The molecule has 17 heavy (non-hydrogen) atoms. The van der Waals surface area contributed by atoms with Gasteiger partial charge in [0.25, 0.3) is 0 Å². The van der Waals surface area contributed by atoms with Crippen molar-refractivity contribution in [2.45, 2.75) is 31.6 Å². The first kappa shape index (κ1) is 14.6. The Bertz CT molecular complexity index is 393. The van der Waals surface area contributed by atoms with Crippen molar-refractivity contribution in [3.8, 4) is 0 Å². The lowest BCUT2D eigenvalue weighted by molar-refractivity contribution is 0.0439. The topological polar surface area (TPSA) is 26.3 Å². The largest absolute Gasteiger partial charge is 0.462 e. The number of esters is 1. The smallest absolute Gasteiger partial charge is 0.339 e. The molecule has 0 N–H and O–H groups in total.